The molecule has 0 aliphatic carbocycles. The highest BCUT2D eigenvalue weighted by Crippen LogP contribution is 2.25. The summed E-state index contributed by atoms with van der Waals surface area (Å²) in [5.41, 5.74) is 4.90. The molecule has 0 saturated carbocycles. The predicted molar refractivity (Wildman–Crippen MR) is 131 cm³/mol. The van der Waals surface area contributed by atoms with E-state index in [2.05, 4.69) is 53.1 Å². The van der Waals surface area contributed by atoms with E-state index in [4.69, 9.17) is 16.9 Å². The molecule has 5 heteroatoms. The summed E-state index contributed by atoms with van der Waals surface area (Å²) >= 11 is 5.97. The second kappa shape index (κ2) is 11.9. The maximum atomic E-state index is 9.29. The van der Waals surface area contributed by atoms with E-state index < -0.39 is 0 Å². The van der Waals surface area contributed by atoms with Gasteiger partial charge in [0.25, 0.3) is 0 Å². The summed E-state index contributed by atoms with van der Waals surface area (Å²) in [7, 11) is 0. The second-order valence-corrected chi connectivity index (χ2v) is 8.12. The number of anilines is 1. The average molecular weight is 443 g/mol. The molecule has 1 fully saturated rings. The Morgan fingerprint density at radius 2 is 1.50 bits per heavy atom. The van der Waals surface area contributed by atoms with Gasteiger partial charge in [-0.1, -0.05) is 61.0 Å². The van der Waals surface area contributed by atoms with Crippen molar-refractivity contribution in [2.45, 2.75) is 19.9 Å². The number of hydrogen-bond donors (Lipinski definition) is 0. The summed E-state index contributed by atoms with van der Waals surface area (Å²) in [6.07, 6.45) is 1.14. The molecule has 0 radical (unpaired) electrons. The molecular weight excluding hydrogens is 416 g/mol. The molecule has 0 N–H and O–H groups in total. The Bertz CT molecular complexity index is 1070. The number of rotatable bonds is 4. The minimum Gasteiger partial charge on any atom is -0.368 e. The van der Waals surface area contributed by atoms with E-state index in [1.807, 2.05) is 42.5 Å². The van der Waals surface area contributed by atoms with Gasteiger partial charge in [0.05, 0.1) is 22.9 Å². The van der Waals surface area contributed by atoms with E-state index in [1.165, 1.54) is 11.1 Å². The number of nitriles is 2. The number of nitrogens with zero attached hydrogens (tertiary/aromatic N) is 4. The lowest BCUT2D eigenvalue weighted by molar-refractivity contribution is 0.250. The van der Waals surface area contributed by atoms with Gasteiger partial charge in [-0.25, -0.2) is 0 Å². The molecule has 3 aromatic carbocycles. The quantitative estimate of drug-likeness (QED) is 0.523. The minimum absolute atomic E-state index is 0.592. The molecule has 3 aromatic rings. The van der Waals surface area contributed by atoms with Crippen LogP contribution in [0.15, 0.2) is 72.8 Å². The van der Waals surface area contributed by atoms with Crippen LogP contribution in [-0.2, 0) is 13.0 Å². The Balaban J connectivity index is 0.000000305. The molecular formula is C27H27ClN4. The predicted octanol–water partition coefficient (Wildman–Crippen LogP) is 5.65. The van der Waals surface area contributed by atoms with Crippen LogP contribution in [0.1, 0.15) is 29.2 Å². The van der Waals surface area contributed by atoms with Crippen LogP contribution in [-0.4, -0.2) is 31.1 Å². The van der Waals surface area contributed by atoms with E-state index in [-0.39, 0.29) is 0 Å². The van der Waals surface area contributed by atoms with Crippen LogP contribution in [0.5, 0.6) is 0 Å². The Morgan fingerprint density at radius 3 is 2.06 bits per heavy atom. The highest BCUT2D eigenvalue weighted by atomic mass is 35.5. The van der Waals surface area contributed by atoms with Crippen molar-refractivity contribution in [3.63, 3.8) is 0 Å². The Kier molecular flexibility index (Phi) is 8.70. The molecule has 4 nitrogen and oxygen atoms in total. The first kappa shape index (κ1) is 23.4. The third kappa shape index (κ3) is 6.59. The first-order valence-corrected chi connectivity index (χ1v) is 11.2. The van der Waals surface area contributed by atoms with Crippen LogP contribution >= 0.6 is 11.6 Å². The van der Waals surface area contributed by atoms with Gasteiger partial charge >= 0.3 is 0 Å². The van der Waals surface area contributed by atoms with Gasteiger partial charge in [0, 0.05) is 37.7 Å². The maximum absolute atomic E-state index is 9.29. The minimum atomic E-state index is 0.592. The largest absolute Gasteiger partial charge is 0.368 e. The van der Waals surface area contributed by atoms with Crippen molar-refractivity contribution in [3.05, 3.63) is 100 Å². The van der Waals surface area contributed by atoms with Gasteiger partial charge < -0.3 is 4.90 Å². The molecule has 0 spiro atoms. The van der Waals surface area contributed by atoms with Gasteiger partial charge in [0.1, 0.15) is 6.07 Å². The molecule has 0 amide bonds. The van der Waals surface area contributed by atoms with E-state index in [1.54, 1.807) is 6.07 Å². The normalized spacial score (nSPS) is 13.4. The van der Waals surface area contributed by atoms with Crippen LogP contribution in [0.4, 0.5) is 5.69 Å². The molecule has 1 heterocycles. The molecule has 1 aliphatic rings. The number of benzene rings is 3. The van der Waals surface area contributed by atoms with E-state index in [9.17, 15) is 5.26 Å². The number of halogens is 1. The molecule has 0 atom stereocenters. The summed E-state index contributed by atoms with van der Waals surface area (Å²) in [4.78, 5) is 4.63. The highest BCUT2D eigenvalue weighted by Gasteiger charge is 2.19. The van der Waals surface area contributed by atoms with Gasteiger partial charge in [-0.05, 0) is 47.9 Å². The van der Waals surface area contributed by atoms with Crippen LogP contribution in [0, 0.1) is 22.7 Å². The van der Waals surface area contributed by atoms with Gasteiger partial charge in [0.2, 0.25) is 0 Å². The van der Waals surface area contributed by atoms with E-state index >= 15 is 0 Å². The summed E-state index contributed by atoms with van der Waals surface area (Å²) in [5.74, 6) is 0. The Labute approximate surface area is 195 Å². The van der Waals surface area contributed by atoms with Gasteiger partial charge in [-0.3, -0.25) is 4.90 Å². The number of piperazine rings is 1. The van der Waals surface area contributed by atoms with Crippen molar-refractivity contribution < 1.29 is 0 Å². The van der Waals surface area contributed by atoms with Crippen molar-refractivity contribution >= 4 is 17.3 Å². The lowest BCUT2D eigenvalue weighted by Crippen LogP contribution is -2.46. The summed E-state index contributed by atoms with van der Waals surface area (Å²) in [5, 5.41) is 18.7. The van der Waals surface area contributed by atoms with Crippen molar-refractivity contribution in [1.82, 2.24) is 4.90 Å². The van der Waals surface area contributed by atoms with Crippen LogP contribution in [0.25, 0.3) is 0 Å². The van der Waals surface area contributed by atoms with Crippen molar-refractivity contribution in [2.75, 3.05) is 31.1 Å². The molecule has 0 bridgehead atoms. The van der Waals surface area contributed by atoms with Gasteiger partial charge in [-0.15, -0.1) is 0 Å². The Hall–Kier alpha value is -3.31. The second-order valence-electron chi connectivity index (χ2n) is 7.68. The first-order valence-electron chi connectivity index (χ1n) is 10.8. The maximum Gasteiger partial charge on any atom is 0.101 e. The van der Waals surface area contributed by atoms with Crippen molar-refractivity contribution in [1.29, 1.82) is 10.5 Å². The molecule has 0 unspecified atom stereocenters. The average Bonchev–Trinajstić information content (AvgIpc) is 2.86. The topological polar surface area (TPSA) is 54.1 Å². The number of aryl methyl sites for hydroxylation is 1. The molecule has 4 rings (SSSR count). The lowest BCUT2D eigenvalue weighted by Gasteiger charge is -2.36. The zero-order valence-electron chi connectivity index (χ0n) is 18.3. The standard InChI is InChI=1S/C19H17ClN4.C8H10/c20-18-5-6-19(17(11-18)13-22)24-9-7-23(8-10-24)14-16-3-1-15(12-21)2-4-16;1-2-8-6-4-3-5-7-8/h1-6,11H,7-10,14H2;3-7H,2H2,1H3. The zero-order chi connectivity index (χ0) is 22.8. The van der Waals surface area contributed by atoms with Crippen molar-refractivity contribution in [3.8, 4) is 12.1 Å². The molecule has 162 valence electrons. The fourth-order valence-corrected chi connectivity index (χ4v) is 3.85. The van der Waals surface area contributed by atoms with E-state index in [0.717, 1.165) is 44.8 Å². The highest BCUT2D eigenvalue weighted by molar-refractivity contribution is 6.30. The number of hydrogen-bond acceptors (Lipinski definition) is 4. The molecule has 0 aromatic heterocycles. The summed E-state index contributed by atoms with van der Waals surface area (Å²) in [6, 6.07) is 28.1. The third-order valence-electron chi connectivity index (χ3n) is 5.53. The fraction of sp³-hybridized carbons (Fsp3) is 0.259. The summed E-state index contributed by atoms with van der Waals surface area (Å²) in [6.45, 7) is 6.68. The molecule has 32 heavy (non-hydrogen) atoms. The fourth-order valence-electron chi connectivity index (χ4n) is 3.68. The lowest BCUT2D eigenvalue weighted by atomic mass is 10.1. The van der Waals surface area contributed by atoms with Crippen LogP contribution in [0.2, 0.25) is 5.02 Å². The molecule has 1 aliphatic heterocycles. The zero-order valence-corrected chi connectivity index (χ0v) is 19.1. The summed E-state index contributed by atoms with van der Waals surface area (Å²) < 4.78 is 0. The smallest absolute Gasteiger partial charge is 0.101 e. The van der Waals surface area contributed by atoms with Crippen LogP contribution in [0.3, 0.4) is 0 Å². The first-order chi connectivity index (χ1) is 15.6. The van der Waals surface area contributed by atoms with E-state index in [0.29, 0.717) is 16.1 Å². The molecule has 1 saturated heterocycles. The third-order valence-corrected chi connectivity index (χ3v) is 5.77. The monoisotopic (exact) mass is 442 g/mol. The van der Waals surface area contributed by atoms with Crippen molar-refractivity contribution in [2.24, 2.45) is 0 Å². The van der Waals surface area contributed by atoms with Crippen LogP contribution < -0.4 is 4.90 Å². The Morgan fingerprint density at radius 1 is 0.812 bits per heavy atom. The van der Waals surface area contributed by atoms with Gasteiger partial charge in [0.15, 0.2) is 0 Å². The van der Waals surface area contributed by atoms with Gasteiger partial charge in [-0.2, -0.15) is 10.5 Å². The SMILES string of the molecule is CCc1ccccc1.N#Cc1ccc(CN2CCN(c3ccc(Cl)cc3C#N)CC2)cc1.